The Kier molecular flexibility index (Phi) is 6.66. The van der Waals surface area contributed by atoms with Gasteiger partial charge in [-0.2, -0.15) is 4.68 Å². The summed E-state index contributed by atoms with van der Waals surface area (Å²) in [6.45, 7) is 1.82. The van der Waals surface area contributed by atoms with Gasteiger partial charge in [-0.3, -0.25) is 9.59 Å². The lowest BCUT2D eigenvalue weighted by Crippen LogP contribution is -2.33. The van der Waals surface area contributed by atoms with E-state index in [1.807, 2.05) is 31.4 Å². The number of ether oxygens (including phenoxy) is 1. The number of carbonyl (C=O) groups is 1. The van der Waals surface area contributed by atoms with Crippen molar-refractivity contribution in [1.82, 2.24) is 9.78 Å². The Hall–Kier alpha value is -3.13. The first-order valence-corrected chi connectivity index (χ1v) is 10.2. The van der Waals surface area contributed by atoms with E-state index in [1.165, 1.54) is 36.4 Å². The predicted octanol–water partition coefficient (Wildman–Crippen LogP) is 3.89. The number of halogens is 1. The number of nitrogens with one attached hydrogen (secondary N) is 1. The fourth-order valence-electron chi connectivity index (χ4n) is 2.62. The molecule has 3 aromatic rings. The van der Waals surface area contributed by atoms with Gasteiger partial charge in [0.1, 0.15) is 5.82 Å². The van der Waals surface area contributed by atoms with Gasteiger partial charge < -0.3 is 10.1 Å². The van der Waals surface area contributed by atoms with Gasteiger partial charge in [0.2, 0.25) is 5.88 Å². The normalized spacial score (nSPS) is 11.7. The van der Waals surface area contributed by atoms with Crippen LogP contribution in [0.25, 0.3) is 5.69 Å². The highest BCUT2D eigenvalue weighted by molar-refractivity contribution is 7.98. The number of rotatable bonds is 7. The lowest BCUT2D eigenvalue weighted by Gasteiger charge is -2.17. The maximum absolute atomic E-state index is 13.1. The van der Waals surface area contributed by atoms with Gasteiger partial charge in [0, 0.05) is 22.7 Å². The SMILES string of the molecule is CC[C@@H](Oc1ccc(=O)n(-c2ccc(F)cc2)n1)C(=O)Nc1cccc(SC)c1. The van der Waals surface area contributed by atoms with Crippen molar-refractivity contribution in [2.45, 2.75) is 24.3 Å². The zero-order valence-corrected chi connectivity index (χ0v) is 16.8. The molecule has 3 rings (SSSR count). The highest BCUT2D eigenvalue weighted by Gasteiger charge is 2.20. The van der Waals surface area contributed by atoms with Gasteiger partial charge in [0.15, 0.2) is 6.10 Å². The molecule has 6 nitrogen and oxygen atoms in total. The monoisotopic (exact) mass is 413 g/mol. The maximum atomic E-state index is 13.1. The molecule has 1 N–H and O–H groups in total. The first-order valence-electron chi connectivity index (χ1n) is 8.98. The van der Waals surface area contributed by atoms with Crippen molar-refractivity contribution in [3.63, 3.8) is 0 Å². The second-order valence-electron chi connectivity index (χ2n) is 6.13. The van der Waals surface area contributed by atoms with Crippen molar-refractivity contribution in [2.24, 2.45) is 0 Å². The summed E-state index contributed by atoms with van der Waals surface area (Å²) in [6, 6.07) is 15.6. The van der Waals surface area contributed by atoms with Gasteiger partial charge in [0.05, 0.1) is 5.69 Å². The molecule has 1 amide bonds. The van der Waals surface area contributed by atoms with Crippen LogP contribution < -0.4 is 15.6 Å². The van der Waals surface area contributed by atoms with Gasteiger partial charge in [-0.1, -0.05) is 13.0 Å². The molecule has 1 aromatic heterocycles. The Morgan fingerprint density at radius 2 is 1.97 bits per heavy atom. The first kappa shape index (κ1) is 20.6. The third kappa shape index (κ3) is 5.23. The maximum Gasteiger partial charge on any atom is 0.271 e. The number of hydrogen-bond donors (Lipinski definition) is 1. The van der Waals surface area contributed by atoms with E-state index < -0.39 is 17.5 Å². The number of thioether (sulfide) groups is 1. The molecule has 0 unspecified atom stereocenters. The molecule has 150 valence electrons. The van der Waals surface area contributed by atoms with Crippen molar-refractivity contribution in [2.75, 3.05) is 11.6 Å². The molecule has 2 aromatic carbocycles. The highest BCUT2D eigenvalue weighted by atomic mass is 32.2. The number of carbonyl (C=O) groups excluding carboxylic acids is 1. The summed E-state index contributed by atoms with van der Waals surface area (Å²) in [5.41, 5.74) is 0.678. The van der Waals surface area contributed by atoms with Gasteiger partial charge in [0.25, 0.3) is 11.5 Å². The molecule has 1 atom stereocenters. The molecule has 0 aliphatic rings. The average molecular weight is 413 g/mol. The Morgan fingerprint density at radius 3 is 2.66 bits per heavy atom. The quantitative estimate of drug-likeness (QED) is 0.595. The highest BCUT2D eigenvalue weighted by Crippen LogP contribution is 2.20. The zero-order valence-electron chi connectivity index (χ0n) is 16.0. The molecule has 0 saturated carbocycles. The van der Waals surface area contributed by atoms with E-state index in [1.54, 1.807) is 17.8 Å². The second-order valence-corrected chi connectivity index (χ2v) is 7.01. The molecule has 0 saturated heterocycles. The molecule has 0 aliphatic carbocycles. The zero-order chi connectivity index (χ0) is 20.8. The summed E-state index contributed by atoms with van der Waals surface area (Å²) in [5.74, 6) is -0.608. The van der Waals surface area contributed by atoms with Crippen molar-refractivity contribution in [1.29, 1.82) is 0 Å². The van der Waals surface area contributed by atoms with Gasteiger partial charge in [-0.25, -0.2) is 4.39 Å². The number of amides is 1. The van der Waals surface area contributed by atoms with E-state index >= 15 is 0 Å². The van der Waals surface area contributed by atoms with Crippen LogP contribution in [0.15, 0.2) is 70.4 Å². The van der Waals surface area contributed by atoms with E-state index in [4.69, 9.17) is 4.74 Å². The molecule has 0 aliphatic heterocycles. The number of anilines is 1. The van der Waals surface area contributed by atoms with Crippen LogP contribution in [0.2, 0.25) is 0 Å². The molecular weight excluding hydrogens is 393 g/mol. The summed E-state index contributed by atoms with van der Waals surface area (Å²) in [4.78, 5) is 25.8. The molecule has 8 heteroatoms. The van der Waals surface area contributed by atoms with E-state index in [0.29, 0.717) is 17.8 Å². The van der Waals surface area contributed by atoms with E-state index in [0.717, 1.165) is 9.58 Å². The lowest BCUT2D eigenvalue weighted by molar-refractivity contribution is -0.123. The van der Waals surface area contributed by atoms with Crippen molar-refractivity contribution < 1.29 is 13.9 Å². The average Bonchev–Trinajstić information content (AvgIpc) is 2.73. The number of benzene rings is 2. The van der Waals surface area contributed by atoms with Crippen molar-refractivity contribution in [3.05, 3.63) is 76.8 Å². The van der Waals surface area contributed by atoms with Crippen LogP contribution >= 0.6 is 11.8 Å². The van der Waals surface area contributed by atoms with Crippen molar-refractivity contribution >= 4 is 23.4 Å². The van der Waals surface area contributed by atoms with E-state index in [9.17, 15) is 14.0 Å². The molecule has 0 fully saturated rings. The van der Waals surface area contributed by atoms with Crippen molar-refractivity contribution in [3.8, 4) is 11.6 Å². The lowest BCUT2D eigenvalue weighted by atomic mass is 10.2. The Bertz CT molecular complexity index is 1050. The topological polar surface area (TPSA) is 73.2 Å². The minimum atomic E-state index is -0.792. The Labute approximate surface area is 171 Å². The van der Waals surface area contributed by atoms with Crippen LogP contribution in [0, 0.1) is 5.82 Å². The fourth-order valence-corrected chi connectivity index (χ4v) is 3.08. The Balaban J connectivity index is 1.78. The van der Waals surface area contributed by atoms with Crippen LogP contribution in [-0.4, -0.2) is 28.0 Å². The van der Waals surface area contributed by atoms with Gasteiger partial charge >= 0.3 is 0 Å². The molecular formula is C21H20FN3O3S. The molecule has 29 heavy (non-hydrogen) atoms. The van der Waals surface area contributed by atoms with Crippen LogP contribution in [0.3, 0.4) is 0 Å². The smallest absolute Gasteiger partial charge is 0.271 e. The summed E-state index contributed by atoms with van der Waals surface area (Å²) in [5, 5.41) is 6.99. The molecule has 1 heterocycles. The van der Waals surface area contributed by atoms with Gasteiger partial charge in [-0.15, -0.1) is 16.9 Å². The van der Waals surface area contributed by atoms with Crippen LogP contribution in [0.5, 0.6) is 5.88 Å². The minimum absolute atomic E-state index is 0.119. The third-order valence-electron chi connectivity index (χ3n) is 4.11. The largest absolute Gasteiger partial charge is 0.463 e. The number of aromatic nitrogens is 2. The molecule has 0 bridgehead atoms. The summed E-state index contributed by atoms with van der Waals surface area (Å²) in [7, 11) is 0. The van der Waals surface area contributed by atoms with Gasteiger partial charge in [-0.05, 0) is 55.1 Å². The fraction of sp³-hybridized carbons (Fsp3) is 0.190. The Morgan fingerprint density at radius 1 is 1.21 bits per heavy atom. The standard InChI is InChI=1S/C21H20FN3O3S/c1-3-18(21(27)23-15-5-4-6-17(13-15)29-2)28-19-11-12-20(26)25(24-19)16-9-7-14(22)8-10-16/h4-13,18H,3H2,1-2H3,(H,23,27)/t18-/m1/s1. The summed E-state index contributed by atoms with van der Waals surface area (Å²) < 4.78 is 20.0. The number of hydrogen-bond acceptors (Lipinski definition) is 5. The summed E-state index contributed by atoms with van der Waals surface area (Å²) >= 11 is 1.58. The van der Waals surface area contributed by atoms with Crippen LogP contribution in [-0.2, 0) is 4.79 Å². The van der Waals surface area contributed by atoms with Crippen LogP contribution in [0.1, 0.15) is 13.3 Å². The van der Waals surface area contributed by atoms with E-state index in [-0.39, 0.29) is 11.8 Å². The first-order chi connectivity index (χ1) is 14.0. The minimum Gasteiger partial charge on any atom is -0.463 e. The predicted molar refractivity (Wildman–Crippen MR) is 111 cm³/mol. The van der Waals surface area contributed by atoms with E-state index in [2.05, 4.69) is 10.4 Å². The molecule has 0 radical (unpaired) electrons. The molecule has 0 spiro atoms. The van der Waals surface area contributed by atoms with Crippen LogP contribution in [0.4, 0.5) is 10.1 Å². The second kappa shape index (κ2) is 9.38. The third-order valence-corrected chi connectivity index (χ3v) is 4.84. The summed E-state index contributed by atoms with van der Waals surface area (Å²) in [6.07, 6.45) is 1.58. The number of nitrogens with zero attached hydrogens (tertiary/aromatic N) is 2.